The quantitative estimate of drug-likeness (QED) is 0.893. The van der Waals surface area contributed by atoms with Gasteiger partial charge in [0, 0.05) is 23.1 Å². The lowest BCUT2D eigenvalue weighted by molar-refractivity contribution is 0.0930. The van der Waals surface area contributed by atoms with E-state index in [4.69, 9.17) is 4.52 Å². The molecule has 0 atom stereocenters. The molecule has 1 aromatic carbocycles. The summed E-state index contributed by atoms with van der Waals surface area (Å²) in [6, 6.07) is 7.80. The maximum atomic E-state index is 12.5. The van der Waals surface area contributed by atoms with E-state index in [1.165, 1.54) is 32.1 Å². The summed E-state index contributed by atoms with van der Waals surface area (Å²) in [5.74, 6) is 1.81. The van der Waals surface area contributed by atoms with Crippen molar-refractivity contribution in [2.45, 2.75) is 69.7 Å². The molecule has 0 spiro atoms. The van der Waals surface area contributed by atoms with Gasteiger partial charge in [-0.15, -0.1) is 0 Å². The van der Waals surface area contributed by atoms with Gasteiger partial charge in [-0.2, -0.15) is 4.98 Å². The van der Waals surface area contributed by atoms with Gasteiger partial charge in [-0.05, 0) is 37.8 Å². The van der Waals surface area contributed by atoms with Gasteiger partial charge in [0.25, 0.3) is 5.91 Å². The molecule has 5 nitrogen and oxygen atoms in total. The summed E-state index contributed by atoms with van der Waals surface area (Å²) in [6.45, 7) is 0. The Labute approximate surface area is 148 Å². The van der Waals surface area contributed by atoms with Crippen molar-refractivity contribution in [2.24, 2.45) is 0 Å². The fraction of sp³-hybridized carbons (Fsp3) is 0.550. The molecule has 132 valence electrons. The van der Waals surface area contributed by atoms with Crippen LogP contribution in [0, 0.1) is 0 Å². The lowest BCUT2D eigenvalue weighted by atomic mass is 9.96. The molecule has 2 fully saturated rings. The first kappa shape index (κ1) is 16.3. The molecule has 1 aromatic heterocycles. The normalized spacial score (nSPS) is 19.2. The molecule has 0 radical (unpaired) electrons. The summed E-state index contributed by atoms with van der Waals surface area (Å²) in [5, 5.41) is 7.25. The molecule has 5 heteroatoms. The molecular weight excluding hydrogens is 314 g/mol. The highest BCUT2D eigenvalue weighted by Crippen LogP contribution is 2.39. The van der Waals surface area contributed by atoms with E-state index in [9.17, 15) is 4.79 Å². The van der Waals surface area contributed by atoms with Crippen LogP contribution in [0.2, 0.25) is 0 Å². The molecule has 1 amide bonds. The van der Waals surface area contributed by atoms with Gasteiger partial charge in [0.2, 0.25) is 11.7 Å². The number of benzene rings is 1. The summed E-state index contributed by atoms with van der Waals surface area (Å²) < 4.78 is 5.30. The van der Waals surface area contributed by atoms with Crippen LogP contribution in [-0.2, 0) is 0 Å². The molecular formula is C20H25N3O2. The molecule has 2 aliphatic rings. The van der Waals surface area contributed by atoms with E-state index in [0.29, 0.717) is 23.3 Å². The maximum Gasteiger partial charge on any atom is 0.251 e. The van der Waals surface area contributed by atoms with Gasteiger partial charge in [0.1, 0.15) is 0 Å². The predicted octanol–water partition coefficient (Wildman–Crippen LogP) is 4.46. The van der Waals surface area contributed by atoms with Gasteiger partial charge in [-0.1, -0.05) is 49.4 Å². The second kappa shape index (κ2) is 7.38. The van der Waals surface area contributed by atoms with Crippen LogP contribution in [0.15, 0.2) is 28.8 Å². The average molecular weight is 339 g/mol. The smallest absolute Gasteiger partial charge is 0.251 e. The Bertz CT molecular complexity index is 711. The predicted molar refractivity (Wildman–Crippen MR) is 95.3 cm³/mol. The molecule has 4 rings (SSSR count). The fourth-order valence-corrected chi connectivity index (χ4v) is 3.49. The molecule has 1 heterocycles. The third-order valence-electron chi connectivity index (χ3n) is 5.21. The summed E-state index contributed by atoms with van der Waals surface area (Å²) in [5.41, 5.74) is 1.58. The Morgan fingerprint density at radius 1 is 0.960 bits per heavy atom. The number of hydrogen-bond donors (Lipinski definition) is 1. The van der Waals surface area contributed by atoms with Gasteiger partial charge >= 0.3 is 0 Å². The zero-order valence-corrected chi connectivity index (χ0v) is 14.5. The van der Waals surface area contributed by atoms with Crippen LogP contribution in [0.3, 0.4) is 0 Å². The molecule has 0 aliphatic heterocycles. The minimum atomic E-state index is 0.0175. The van der Waals surface area contributed by atoms with E-state index in [0.717, 1.165) is 37.1 Å². The van der Waals surface area contributed by atoms with E-state index in [1.807, 2.05) is 24.3 Å². The first-order chi connectivity index (χ1) is 12.3. The van der Waals surface area contributed by atoms with Gasteiger partial charge < -0.3 is 9.84 Å². The number of hydrogen-bond acceptors (Lipinski definition) is 4. The second-order valence-corrected chi connectivity index (χ2v) is 7.32. The van der Waals surface area contributed by atoms with Crippen molar-refractivity contribution in [3.63, 3.8) is 0 Å². The van der Waals surface area contributed by atoms with Crippen molar-refractivity contribution in [3.8, 4) is 11.4 Å². The molecule has 2 saturated carbocycles. The Balaban J connectivity index is 1.39. The van der Waals surface area contributed by atoms with Gasteiger partial charge in [0.15, 0.2) is 0 Å². The summed E-state index contributed by atoms with van der Waals surface area (Å²) in [4.78, 5) is 17.0. The fourth-order valence-electron chi connectivity index (χ4n) is 3.49. The molecule has 25 heavy (non-hydrogen) atoms. The van der Waals surface area contributed by atoms with E-state index in [1.54, 1.807) is 0 Å². The SMILES string of the molecule is O=C(NC1CCCCCCC1)c1ccc(-c2noc(C3CC3)n2)cc1. The minimum Gasteiger partial charge on any atom is -0.349 e. The van der Waals surface area contributed by atoms with E-state index >= 15 is 0 Å². The van der Waals surface area contributed by atoms with Crippen LogP contribution in [0.25, 0.3) is 11.4 Å². The van der Waals surface area contributed by atoms with Crippen molar-refractivity contribution >= 4 is 5.91 Å². The zero-order chi connectivity index (χ0) is 17.1. The summed E-state index contributed by atoms with van der Waals surface area (Å²) >= 11 is 0. The molecule has 2 aromatic rings. The van der Waals surface area contributed by atoms with Crippen molar-refractivity contribution in [2.75, 3.05) is 0 Å². The van der Waals surface area contributed by atoms with Crippen molar-refractivity contribution in [1.82, 2.24) is 15.5 Å². The van der Waals surface area contributed by atoms with Crippen LogP contribution in [0.4, 0.5) is 0 Å². The largest absolute Gasteiger partial charge is 0.349 e. The Morgan fingerprint density at radius 3 is 2.32 bits per heavy atom. The minimum absolute atomic E-state index is 0.0175. The van der Waals surface area contributed by atoms with Crippen molar-refractivity contribution < 1.29 is 9.32 Å². The first-order valence-corrected chi connectivity index (χ1v) is 9.54. The summed E-state index contributed by atoms with van der Waals surface area (Å²) in [7, 11) is 0. The number of nitrogens with zero attached hydrogens (tertiary/aromatic N) is 2. The number of nitrogens with one attached hydrogen (secondary N) is 1. The third-order valence-corrected chi connectivity index (χ3v) is 5.21. The van der Waals surface area contributed by atoms with Crippen LogP contribution in [0.5, 0.6) is 0 Å². The highest BCUT2D eigenvalue weighted by Gasteiger charge is 2.29. The Hall–Kier alpha value is -2.17. The van der Waals surface area contributed by atoms with Crippen LogP contribution >= 0.6 is 0 Å². The Morgan fingerprint density at radius 2 is 1.64 bits per heavy atom. The van der Waals surface area contributed by atoms with E-state index in [2.05, 4.69) is 15.5 Å². The highest BCUT2D eigenvalue weighted by atomic mass is 16.5. The first-order valence-electron chi connectivity index (χ1n) is 9.54. The maximum absolute atomic E-state index is 12.5. The van der Waals surface area contributed by atoms with Gasteiger partial charge in [-0.3, -0.25) is 4.79 Å². The second-order valence-electron chi connectivity index (χ2n) is 7.32. The third kappa shape index (κ3) is 4.09. The zero-order valence-electron chi connectivity index (χ0n) is 14.5. The monoisotopic (exact) mass is 339 g/mol. The van der Waals surface area contributed by atoms with E-state index in [-0.39, 0.29) is 5.91 Å². The standard InChI is InChI=1S/C20H25N3O2/c24-19(21-17-6-4-2-1-3-5-7-17)15-10-8-14(9-11-15)18-22-20(25-23-18)16-12-13-16/h8-11,16-17H,1-7,12-13H2,(H,21,24). The topological polar surface area (TPSA) is 68.0 Å². The molecule has 0 unspecified atom stereocenters. The number of carbonyl (C=O) groups is 1. The Kier molecular flexibility index (Phi) is 4.81. The van der Waals surface area contributed by atoms with Crippen LogP contribution < -0.4 is 5.32 Å². The lowest BCUT2D eigenvalue weighted by Gasteiger charge is -2.21. The molecule has 0 bridgehead atoms. The van der Waals surface area contributed by atoms with E-state index < -0.39 is 0 Å². The highest BCUT2D eigenvalue weighted by molar-refractivity contribution is 5.94. The number of aromatic nitrogens is 2. The van der Waals surface area contributed by atoms with Crippen molar-refractivity contribution in [1.29, 1.82) is 0 Å². The van der Waals surface area contributed by atoms with Crippen LogP contribution in [-0.4, -0.2) is 22.1 Å². The van der Waals surface area contributed by atoms with Crippen LogP contribution in [0.1, 0.15) is 80.0 Å². The summed E-state index contributed by atoms with van der Waals surface area (Å²) in [6.07, 6.45) is 10.8. The number of carbonyl (C=O) groups excluding carboxylic acids is 1. The number of amides is 1. The molecule has 1 N–H and O–H groups in total. The molecule has 2 aliphatic carbocycles. The van der Waals surface area contributed by atoms with Crippen molar-refractivity contribution in [3.05, 3.63) is 35.7 Å². The lowest BCUT2D eigenvalue weighted by Crippen LogP contribution is -2.35. The molecule has 0 saturated heterocycles. The number of rotatable bonds is 4. The van der Waals surface area contributed by atoms with Gasteiger partial charge in [0.05, 0.1) is 0 Å². The average Bonchev–Trinajstić information content (AvgIpc) is 3.34. The van der Waals surface area contributed by atoms with Gasteiger partial charge in [-0.25, -0.2) is 0 Å².